The van der Waals surface area contributed by atoms with E-state index in [4.69, 9.17) is 0 Å². The molecule has 0 saturated carbocycles. The van der Waals surface area contributed by atoms with Gasteiger partial charge in [0.15, 0.2) is 0 Å². The van der Waals surface area contributed by atoms with E-state index in [-0.39, 0.29) is 22.4 Å². The van der Waals surface area contributed by atoms with Crippen LogP contribution in [0.15, 0.2) is 71.7 Å². The van der Waals surface area contributed by atoms with E-state index in [1.807, 2.05) is 6.07 Å². The molecule has 4 rings (SSSR count). The fourth-order valence-corrected chi connectivity index (χ4v) is 3.23. The van der Waals surface area contributed by atoms with Gasteiger partial charge in [0.2, 0.25) is 0 Å². The summed E-state index contributed by atoms with van der Waals surface area (Å²) >= 11 is 0. The van der Waals surface area contributed by atoms with Crippen LogP contribution < -0.4 is 5.56 Å². The molecule has 0 aliphatic carbocycles. The first kappa shape index (κ1) is 17.3. The number of aromatic nitrogens is 1. The Morgan fingerprint density at radius 3 is 2.39 bits per heavy atom. The number of benzene rings is 3. The highest BCUT2D eigenvalue weighted by molar-refractivity contribution is 5.99. The van der Waals surface area contributed by atoms with Crippen molar-refractivity contribution in [3.05, 3.63) is 88.6 Å². The van der Waals surface area contributed by atoms with E-state index in [9.17, 15) is 24.7 Å². The van der Waals surface area contributed by atoms with E-state index in [1.54, 1.807) is 24.3 Å². The highest BCUT2D eigenvalue weighted by atomic mass is 19.1. The van der Waals surface area contributed by atoms with Crippen molar-refractivity contribution in [2.24, 2.45) is 0 Å². The fraction of sp³-hybridized carbons (Fsp3) is 0. The summed E-state index contributed by atoms with van der Waals surface area (Å²) < 4.78 is 15.2. The van der Waals surface area contributed by atoms with Gasteiger partial charge in [-0.1, -0.05) is 12.1 Å². The number of phenols is 2. The maximum absolute atomic E-state index is 13.8. The number of nitrogens with zero attached hydrogens (tertiary/aromatic N) is 2. The third kappa shape index (κ3) is 2.85. The maximum Gasteiger partial charge on any atom is 0.264 e. The Hall–Kier alpha value is -4.11. The number of pyridine rings is 1. The third-order valence-electron chi connectivity index (χ3n) is 4.49. The van der Waals surface area contributed by atoms with E-state index in [2.05, 4.69) is 0 Å². The summed E-state index contributed by atoms with van der Waals surface area (Å²) in [5, 5.41) is 29.5. The normalized spacial score (nSPS) is 10.7. The van der Waals surface area contributed by atoms with Gasteiger partial charge in [-0.25, -0.2) is 4.39 Å². The number of hydrogen-bond acceptors (Lipinski definition) is 4. The molecule has 1 aromatic heterocycles. The number of hydrogen-bond donors (Lipinski definition) is 2. The van der Waals surface area contributed by atoms with Crippen LogP contribution in [0.2, 0.25) is 0 Å². The average molecular weight is 372 g/mol. The number of phenolic OH excluding ortho intramolecular Hbond substituents is 2. The van der Waals surface area contributed by atoms with E-state index in [0.29, 0.717) is 22.2 Å². The van der Waals surface area contributed by atoms with E-state index in [1.165, 1.54) is 47.2 Å². The molecule has 4 aromatic rings. The molecule has 0 spiro atoms. The number of rotatable bonds is 2. The Morgan fingerprint density at radius 1 is 0.964 bits per heavy atom. The van der Waals surface area contributed by atoms with Crippen LogP contribution in [0.4, 0.5) is 4.39 Å². The van der Waals surface area contributed by atoms with E-state index < -0.39 is 11.4 Å². The van der Waals surface area contributed by atoms with Crippen molar-refractivity contribution in [2.75, 3.05) is 0 Å². The fourth-order valence-electron chi connectivity index (χ4n) is 3.23. The zero-order valence-corrected chi connectivity index (χ0v) is 14.4. The van der Waals surface area contributed by atoms with Crippen LogP contribution in [-0.2, 0) is 0 Å². The Bertz CT molecular complexity index is 1320. The maximum atomic E-state index is 13.8. The molecule has 0 aliphatic rings. The van der Waals surface area contributed by atoms with Crippen LogP contribution >= 0.6 is 0 Å². The summed E-state index contributed by atoms with van der Waals surface area (Å²) in [5.74, 6) is -0.567. The minimum atomic E-state index is -0.461. The topological polar surface area (TPSA) is 86.2 Å². The van der Waals surface area contributed by atoms with Gasteiger partial charge in [-0.05, 0) is 54.1 Å². The number of fused-ring (bicyclic) bond motifs is 1. The second-order valence-electron chi connectivity index (χ2n) is 6.27. The molecule has 2 N–H and O–H groups in total. The summed E-state index contributed by atoms with van der Waals surface area (Å²) in [5.41, 5.74) is 1.00. The second kappa shape index (κ2) is 6.56. The summed E-state index contributed by atoms with van der Waals surface area (Å²) in [6.45, 7) is 0. The van der Waals surface area contributed by atoms with Crippen LogP contribution in [0, 0.1) is 17.1 Å². The standard InChI is InChI=1S/C22H13FN2O3/c23-15-3-1-2-13(8-15)20-12-25(16-4-6-17(26)7-5-16)22(28)21-14(11-24)9-18(27)10-19(20)21/h1-10,12,26-27H. The Morgan fingerprint density at radius 2 is 1.71 bits per heavy atom. The van der Waals surface area contributed by atoms with Crippen LogP contribution in [-0.4, -0.2) is 14.8 Å². The van der Waals surface area contributed by atoms with Crippen molar-refractivity contribution in [1.82, 2.24) is 4.57 Å². The van der Waals surface area contributed by atoms with E-state index >= 15 is 0 Å². The first-order valence-electron chi connectivity index (χ1n) is 8.36. The average Bonchev–Trinajstić information content (AvgIpc) is 2.68. The van der Waals surface area contributed by atoms with Gasteiger partial charge in [-0.2, -0.15) is 5.26 Å². The summed E-state index contributed by atoms with van der Waals surface area (Å²) in [4.78, 5) is 13.1. The molecule has 1 heterocycles. The largest absolute Gasteiger partial charge is 0.508 e. The second-order valence-corrected chi connectivity index (χ2v) is 6.27. The lowest BCUT2D eigenvalue weighted by Crippen LogP contribution is -2.19. The van der Waals surface area contributed by atoms with Gasteiger partial charge < -0.3 is 10.2 Å². The molecule has 0 amide bonds. The Labute approximate surface area is 158 Å². The van der Waals surface area contributed by atoms with Gasteiger partial charge >= 0.3 is 0 Å². The van der Waals surface area contributed by atoms with Gasteiger partial charge in [-0.3, -0.25) is 9.36 Å². The lowest BCUT2D eigenvalue weighted by molar-refractivity contribution is 0.475. The SMILES string of the molecule is N#Cc1cc(O)cc2c(-c3cccc(F)c3)cn(-c3ccc(O)cc3)c(=O)c12. The molecule has 0 bridgehead atoms. The molecule has 0 saturated heterocycles. The first-order valence-corrected chi connectivity index (χ1v) is 8.36. The number of aromatic hydroxyl groups is 2. The van der Waals surface area contributed by atoms with Gasteiger partial charge in [0.25, 0.3) is 5.56 Å². The predicted octanol–water partition coefficient (Wildman–Crippen LogP) is 4.08. The Balaban J connectivity index is 2.17. The van der Waals surface area contributed by atoms with Crippen molar-refractivity contribution in [3.8, 4) is 34.4 Å². The predicted molar refractivity (Wildman–Crippen MR) is 103 cm³/mol. The summed E-state index contributed by atoms with van der Waals surface area (Å²) in [6, 6.07) is 16.4. The van der Waals surface area contributed by atoms with Gasteiger partial charge in [-0.15, -0.1) is 0 Å². The molecule has 5 nitrogen and oxygen atoms in total. The summed E-state index contributed by atoms with van der Waals surface area (Å²) in [6.07, 6.45) is 1.53. The quantitative estimate of drug-likeness (QED) is 0.555. The van der Waals surface area contributed by atoms with Crippen molar-refractivity contribution < 1.29 is 14.6 Å². The van der Waals surface area contributed by atoms with Crippen molar-refractivity contribution in [3.63, 3.8) is 0 Å². The van der Waals surface area contributed by atoms with Gasteiger partial charge in [0.1, 0.15) is 23.4 Å². The molecule has 28 heavy (non-hydrogen) atoms. The minimum Gasteiger partial charge on any atom is -0.508 e. The molecule has 0 unspecified atom stereocenters. The molecule has 6 heteroatoms. The minimum absolute atomic E-state index is 0.0192. The Kier molecular flexibility index (Phi) is 4.06. The highest BCUT2D eigenvalue weighted by Crippen LogP contribution is 2.32. The molecular formula is C22H13FN2O3. The van der Waals surface area contributed by atoms with Crippen LogP contribution in [0.1, 0.15) is 5.56 Å². The van der Waals surface area contributed by atoms with Crippen LogP contribution in [0.3, 0.4) is 0 Å². The lowest BCUT2D eigenvalue weighted by Gasteiger charge is -2.14. The molecule has 0 fully saturated rings. The van der Waals surface area contributed by atoms with Crippen molar-refractivity contribution in [1.29, 1.82) is 5.26 Å². The summed E-state index contributed by atoms with van der Waals surface area (Å²) in [7, 11) is 0. The lowest BCUT2D eigenvalue weighted by atomic mass is 9.97. The monoisotopic (exact) mass is 372 g/mol. The smallest absolute Gasteiger partial charge is 0.264 e. The first-order chi connectivity index (χ1) is 13.5. The zero-order valence-electron chi connectivity index (χ0n) is 14.4. The van der Waals surface area contributed by atoms with Crippen molar-refractivity contribution >= 4 is 10.8 Å². The molecule has 0 atom stereocenters. The number of halogens is 1. The third-order valence-corrected chi connectivity index (χ3v) is 4.49. The van der Waals surface area contributed by atoms with Gasteiger partial charge in [0, 0.05) is 22.8 Å². The van der Waals surface area contributed by atoms with Gasteiger partial charge in [0.05, 0.1) is 10.9 Å². The van der Waals surface area contributed by atoms with E-state index in [0.717, 1.165) is 0 Å². The van der Waals surface area contributed by atoms with Crippen molar-refractivity contribution in [2.45, 2.75) is 0 Å². The zero-order chi connectivity index (χ0) is 19.8. The van der Waals surface area contributed by atoms with Crippen LogP contribution in [0.5, 0.6) is 11.5 Å². The molecule has 0 aliphatic heterocycles. The number of nitriles is 1. The molecule has 0 radical (unpaired) electrons. The molecular weight excluding hydrogens is 359 g/mol. The highest BCUT2D eigenvalue weighted by Gasteiger charge is 2.16. The molecule has 3 aromatic carbocycles. The molecule has 136 valence electrons. The van der Waals surface area contributed by atoms with Crippen LogP contribution in [0.25, 0.3) is 27.6 Å².